The number of benzene rings is 2. The monoisotopic (exact) mass is 344 g/mol. The number of alkyl halides is 3. The highest BCUT2D eigenvalue weighted by molar-refractivity contribution is 6.04. The second-order valence-corrected chi connectivity index (χ2v) is 4.45. The van der Waals surface area contributed by atoms with E-state index < -0.39 is 34.4 Å². The Kier molecular flexibility index (Phi) is 4.67. The van der Waals surface area contributed by atoms with E-state index in [0.717, 1.165) is 42.5 Å². The number of nitrogens with zero attached hydrogens (tertiary/aromatic N) is 1. The van der Waals surface area contributed by atoms with Gasteiger partial charge < -0.3 is 10.1 Å². The summed E-state index contributed by atoms with van der Waals surface area (Å²) >= 11 is 0. The number of nitro benzene ring substituents is 1. The molecule has 2 aromatic rings. The van der Waals surface area contributed by atoms with Crippen LogP contribution in [0.2, 0.25) is 0 Å². The van der Waals surface area contributed by atoms with E-state index >= 15 is 0 Å². The van der Waals surface area contributed by atoms with Crippen molar-refractivity contribution in [2.75, 3.05) is 5.32 Å². The van der Waals surface area contributed by atoms with E-state index in [1.165, 1.54) is 0 Å². The highest BCUT2D eigenvalue weighted by atomic mass is 19.4. The largest absolute Gasteiger partial charge is 0.573 e. The molecule has 1 N–H and O–H groups in total. The van der Waals surface area contributed by atoms with Crippen LogP contribution in [0.3, 0.4) is 0 Å². The zero-order valence-electron chi connectivity index (χ0n) is 11.6. The molecule has 0 saturated carbocycles. The van der Waals surface area contributed by atoms with Crippen LogP contribution in [0.4, 0.5) is 28.9 Å². The number of nitro groups is 1. The van der Waals surface area contributed by atoms with Crippen molar-refractivity contribution in [2.45, 2.75) is 6.36 Å². The maximum absolute atomic E-state index is 13.2. The lowest BCUT2D eigenvalue weighted by Gasteiger charge is -2.09. The number of amides is 1. The Morgan fingerprint density at radius 3 is 2.29 bits per heavy atom. The fourth-order valence-corrected chi connectivity index (χ4v) is 1.74. The summed E-state index contributed by atoms with van der Waals surface area (Å²) < 4.78 is 53.0. The van der Waals surface area contributed by atoms with E-state index in [4.69, 9.17) is 0 Å². The third-order valence-corrected chi connectivity index (χ3v) is 2.75. The Morgan fingerprint density at radius 2 is 1.75 bits per heavy atom. The number of nitrogens with one attached hydrogen (secondary N) is 1. The summed E-state index contributed by atoms with van der Waals surface area (Å²) in [6.45, 7) is 0. The molecule has 0 unspecified atom stereocenters. The second-order valence-electron chi connectivity index (χ2n) is 4.45. The topological polar surface area (TPSA) is 81.5 Å². The lowest BCUT2D eigenvalue weighted by atomic mass is 10.2. The van der Waals surface area contributed by atoms with Crippen LogP contribution in [0.5, 0.6) is 5.75 Å². The van der Waals surface area contributed by atoms with Crippen molar-refractivity contribution < 1.29 is 32.0 Å². The molecule has 0 spiro atoms. The molecule has 0 aliphatic heterocycles. The predicted molar refractivity (Wildman–Crippen MR) is 74.1 cm³/mol. The van der Waals surface area contributed by atoms with Gasteiger partial charge in [0, 0.05) is 17.3 Å². The molecule has 0 atom stereocenters. The molecule has 0 bridgehead atoms. The van der Waals surface area contributed by atoms with Crippen LogP contribution in [0, 0.1) is 15.9 Å². The Hall–Kier alpha value is -3.17. The van der Waals surface area contributed by atoms with Gasteiger partial charge in [-0.2, -0.15) is 4.39 Å². The lowest BCUT2D eigenvalue weighted by molar-refractivity contribution is -0.387. The van der Waals surface area contributed by atoms with Crippen molar-refractivity contribution in [1.82, 2.24) is 0 Å². The molecule has 2 rings (SSSR count). The molecular weight excluding hydrogens is 336 g/mol. The standard InChI is InChI=1S/C14H8F4N2O4/c15-11-6-3-9(7-12(11)20(22)23)19-13(21)8-1-4-10(5-2-8)24-14(16,17)18/h1-7H,(H,19,21). The molecule has 0 radical (unpaired) electrons. The zero-order valence-corrected chi connectivity index (χ0v) is 11.6. The Bertz CT molecular complexity index is 775. The highest BCUT2D eigenvalue weighted by Gasteiger charge is 2.31. The van der Waals surface area contributed by atoms with Gasteiger partial charge in [0.1, 0.15) is 5.75 Å². The Labute approximate surface area is 131 Å². The highest BCUT2D eigenvalue weighted by Crippen LogP contribution is 2.24. The summed E-state index contributed by atoms with van der Waals surface area (Å²) in [5.74, 6) is -2.31. The molecule has 10 heteroatoms. The van der Waals surface area contributed by atoms with Crippen molar-refractivity contribution >= 4 is 17.3 Å². The van der Waals surface area contributed by atoms with E-state index in [1.54, 1.807) is 0 Å². The third kappa shape index (κ3) is 4.41. The molecule has 0 saturated heterocycles. The van der Waals surface area contributed by atoms with Crippen molar-refractivity contribution in [1.29, 1.82) is 0 Å². The zero-order chi connectivity index (χ0) is 17.9. The molecule has 126 valence electrons. The normalized spacial score (nSPS) is 11.0. The van der Waals surface area contributed by atoms with Crippen LogP contribution in [0.25, 0.3) is 0 Å². The second kappa shape index (κ2) is 6.52. The first-order chi connectivity index (χ1) is 11.2. The van der Waals surface area contributed by atoms with Gasteiger partial charge in [-0.15, -0.1) is 13.2 Å². The van der Waals surface area contributed by atoms with Gasteiger partial charge in [0.2, 0.25) is 5.82 Å². The van der Waals surface area contributed by atoms with Gasteiger partial charge in [-0.05, 0) is 36.4 Å². The quantitative estimate of drug-likeness (QED) is 0.518. The maximum Gasteiger partial charge on any atom is 0.573 e. The smallest absolute Gasteiger partial charge is 0.406 e. The third-order valence-electron chi connectivity index (χ3n) is 2.75. The van der Waals surface area contributed by atoms with Gasteiger partial charge in [0.05, 0.1) is 4.92 Å². The minimum absolute atomic E-state index is 0.0171. The average Bonchev–Trinajstić information content (AvgIpc) is 2.48. The number of halogens is 4. The summed E-state index contributed by atoms with van der Waals surface area (Å²) in [7, 11) is 0. The van der Waals surface area contributed by atoms with Gasteiger partial charge in [0.25, 0.3) is 5.91 Å². The van der Waals surface area contributed by atoms with Crippen molar-refractivity contribution in [2.24, 2.45) is 0 Å². The van der Waals surface area contributed by atoms with Crippen LogP contribution >= 0.6 is 0 Å². The molecule has 2 aromatic carbocycles. The molecule has 0 aliphatic rings. The number of ether oxygens (including phenoxy) is 1. The number of carbonyl (C=O) groups excluding carboxylic acids is 1. The fraction of sp³-hybridized carbons (Fsp3) is 0.0714. The predicted octanol–water partition coefficient (Wildman–Crippen LogP) is 3.88. The van der Waals surface area contributed by atoms with Crippen LogP contribution in [-0.2, 0) is 0 Å². The molecule has 0 fully saturated rings. The lowest BCUT2D eigenvalue weighted by Crippen LogP contribution is -2.17. The van der Waals surface area contributed by atoms with E-state index in [0.29, 0.717) is 0 Å². The Balaban J connectivity index is 2.13. The summed E-state index contributed by atoms with van der Waals surface area (Å²) in [5.41, 5.74) is -0.873. The van der Waals surface area contributed by atoms with Crippen LogP contribution < -0.4 is 10.1 Å². The van der Waals surface area contributed by atoms with Gasteiger partial charge in [-0.3, -0.25) is 14.9 Å². The summed E-state index contributed by atoms with van der Waals surface area (Å²) in [6, 6.07) is 6.79. The van der Waals surface area contributed by atoms with Gasteiger partial charge >= 0.3 is 12.0 Å². The molecule has 0 heterocycles. The average molecular weight is 344 g/mol. The summed E-state index contributed by atoms with van der Waals surface area (Å²) in [6.07, 6.45) is -4.85. The number of anilines is 1. The number of hydrogen-bond acceptors (Lipinski definition) is 4. The van der Waals surface area contributed by atoms with Gasteiger partial charge in [0.15, 0.2) is 0 Å². The minimum Gasteiger partial charge on any atom is -0.406 e. The van der Waals surface area contributed by atoms with E-state index in [9.17, 15) is 32.5 Å². The summed E-state index contributed by atoms with van der Waals surface area (Å²) in [5, 5.41) is 12.9. The molecule has 0 aromatic heterocycles. The maximum atomic E-state index is 13.2. The van der Waals surface area contributed by atoms with E-state index in [1.807, 2.05) is 0 Å². The molecule has 24 heavy (non-hydrogen) atoms. The first-order valence-corrected chi connectivity index (χ1v) is 6.27. The summed E-state index contributed by atoms with van der Waals surface area (Å²) in [4.78, 5) is 21.6. The van der Waals surface area contributed by atoms with Crippen LogP contribution in [-0.4, -0.2) is 17.2 Å². The van der Waals surface area contributed by atoms with E-state index in [-0.39, 0.29) is 11.3 Å². The molecule has 0 aliphatic carbocycles. The SMILES string of the molecule is O=C(Nc1ccc(F)c([N+](=O)[O-])c1)c1ccc(OC(F)(F)F)cc1. The molecular formula is C14H8F4N2O4. The van der Waals surface area contributed by atoms with Crippen molar-refractivity contribution in [3.05, 3.63) is 64.0 Å². The van der Waals surface area contributed by atoms with Crippen molar-refractivity contribution in [3.63, 3.8) is 0 Å². The fourth-order valence-electron chi connectivity index (χ4n) is 1.74. The number of hydrogen-bond donors (Lipinski definition) is 1. The van der Waals surface area contributed by atoms with E-state index in [2.05, 4.69) is 10.1 Å². The first kappa shape index (κ1) is 17.2. The molecule has 6 nitrogen and oxygen atoms in total. The minimum atomic E-state index is -4.85. The number of rotatable bonds is 4. The first-order valence-electron chi connectivity index (χ1n) is 6.27. The molecule has 1 amide bonds. The van der Waals surface area contributed by atoms with Gasteiger partial charge in [-0.25, -0.2) is 0 Å². The number of carbonyl (C=O) groups is 1. The Morgan fingerprint density at radius 1 is 1.12 bits per heavy atom. The van der Waals surface area contributed by atoms with Crippen LogP contribution in [0.15, 0.2) is 42.5 Å². The van der Waals surface area contributed by atoms with Gasteiger partial charge in [-0.1, -0.05) is 0 Å². The van der Waals surface area contributed by atoms with Crippen LogP contribution in [0.1, 0.15) is 10.4 Å². The van der Waals surface area contributed by atoms with Crippen molar-refractivity contribution in [3.8, 4) is 5.75 Å².